The van der Waals surface area contributed by atoms with Crippen molar-refractivity contribution in [2.75, 3.05) is 7.05 Å². The molecule has 20 heavy (non-hydrogen) atoms. The number of imidazole rings is 1. The SMILES string of the molecule is CN=Cc1nccn1-c1c(C(C)C)cccc1C(C)C. The fraction of sp³-hybridized carbons (Fsp3) is 0.412. The summed E-state index contributed by atoms with van der Waals surface area (Å²) in [6.07, 6.45) is 5.66. The lowest BCUT2D eigenvalue weighted by molar-refractivity contribution is 0.803. The minimum absolute atomic E-state index is 0.470. The maximum atomic E-state index is 4.40. The van der Waals surface area contributed by atoms with E-state index in [2.05, 4.69) is 60.4 Å². The van der Waals surface area contributed by atoms with E-state index in [9.17, 15) is 0 Å². The molecule has 0 aliphatic carbocycles. The lowest BCUT2D eigenvalue weighted by Crippen LogP contribution is -2.09. The van der Waals surface area contributed by atoms with Gasteiger partial charge in [-0.2, -0.15) is 0 Å². The molecule has 2 aromatic rings. The second kappa shape index (κ2) is 6.04. The van der Waals surface area contributed by atoms with E-state index in [0.717, 1.165) is 5.82 Å². The lowest BCUT2D eigenvalue weighted by Gasteiger charge is -2.21. The minimum atomic E-state index is 0.470. The van der Waals surface area contributed by atoms with Crippen LogP contribution >= 0.6 is 0 Å². The molecule has 1 heterocycles. The molecular formula is C17H23N3. The first kappa shape index (κ1) is 14.5. The third kappa shape index (κ3) is 2.67. The Kier molecular flexibility index (Phi) is 4.38. The Hall–Kier alpha value is -1.90. The molecule has 1 aromatic carbocycles. The summed E-state index contributed by atoms with van der Waals surface area (Å²) < 4.78 is 2.15. The summed E-state index contributed by atoms with van der Waals surface area (Å²) in [7, 11) is 1.77. The van der Waals surface area contributed by atoms with Crippen LogP contribution in [0.4, 0.5) is 0 Å². The zero-order chi connectivity index (χ0) is 14.7. The van der Waals surface area contributed by atoms with Crippen molar-refractivity contribution >= 4 is 6.21 Å². The van der Waals surface area contributed by atoms with Crippen LogP contribution in [0.15, 0.2) is 35.6 Å². The number of benzene rings is 1. The summed E-state index contributed by atoms with van der Waals surface area (Å²) in [6.45, 7) is 8.92. The van der Waals surface area contributed by atoms with Gasteiger partial charge in [0, 0.05) is 19.4 Å². The summed E-state index contributed by atoms with van der Waals surface area (Å²) in [5, 5.41) is 0. The molecule has 0 saturated carbocycles. The smallest absolute Gasteiger partial charge is 0.155 e. The molecule has 0 aliphatic heterocycles. The van der Waals surface area contributed by atoms with Crippen LogP contribution in [0.3, 0.4) is 0 Å². The summed E-state index contributed by atoms with van der Waals surface area (Å²) in [5.74, 6) is 1.82. The molecule has 0 fully saturated rings. The fourth-order valence-electron chi connectivity index (χ4n) is 2.50. The largest absolute Gasteiger partial charge is 0.298 e. The first-order valence-corrected chi connectivity index (χ1v) is 7.15. The van der Waals surface area contributed by atoms with Gasteiger partial charge in [0.25, 0.3) is 0 Å². The van der Waals surface area contributed by atoms with Crippen LogP contribution in [0.1, 0.15) is 56.5 Å². The van der Waals surface area contributed by atoms with Gasteiger partial charge in [-0.25, -0.2) is 4.98 Å². The maximum Gasteiger partial charge on any atom is 0.155 e. The summed E-state index contributed by atoms with van der Waals surface area (Å²) in [6, 6.07) is 6.57. The van der Waals surface area contributed by atoms with Crippen molar-refractivity contribution < 1.29 is 0 Å². The van der Waals surface area contributed by atoms with E-state index < -0.39 is 0 Å². The highest BCUT2D eigenvalue weighted by Crippen LogP contribution is 2.31. The molecule has 106 valence electrons. The number of hydrogen-bond acceptors (Lipinski definition) is 2. The summed E-state index contributed by atoms with van der Waals surface area (Å²) >= 11 is 0. The quantitative estimate of drug-likeness (QED) is 0.766. The molecule has 0 spiro atoms. The number of aromatic nitrogens is 2. The number of nitrogens with zero attached hydrogens (tertiary/aromatic N) is 3. The number of hydrogen-bond donors (Lipinski definition) is 0. The Labute approximate surface area is 121 Å². The third-order valence-electron chi connectivity index (χ3n) is 3.50. The van der Waals surface area contributed by atoms with E-state index in [1.807, 2.05) is 12.4 Å². The molecular weight excluding hydrogens is 246 g/mol. The van der Waals surface area contributed by atoms with Gasteiger partial charge in [0.2, 0.25) is 0 Å². The molecule has 3 heteroatoms. The first-order valence-electron chi connectivity index (χ1n) is 7.15. The van der Waals surface area contributed by atoms with Crippen molar-refractivity contribution in [2.45, 2.75) is 39.5 Å². The van der Waals surface area contributed by atoms with E-state index in [1.54, 1.807) is 13.3 Å². The van der Waals surface area contributed by atoms with Gasteiger partial charge >= 0.3 is 0 Å². The van der Waals surface area contributed by atoms with Gasteiger partial charge in [-0.3, -0.25) is 9.56 Å². The van der Waals surface area contributed by atoms with Crippen LogP contribution < -0.4 is 0 Å². The molecule has 0 N–H and O–H groups in total. The zero-order valence-electron chi connectivity index (χ0n) is 13.0. The summed E-state index contributed by atoms with van der Waals surface area (Å²) in [4.78, 5) is 8.50. The van der Waals surface area contributed by atoms with Gasteiger partial charge in [0.1, 0.15) is 0 Å². The van der Waals surface area contributed by atoms with Crippen LogP contribution in [0.25, 0.3) is 5.69 Å². The van der Waals surface area contributed by atoms with Gasteiger partial charge in [0.15, 0.2) is 5.82 Å². The molecule has 0 saturated heterocycles. The van der Waals surface area contributed by atoms with Crippen LogP contribution in [-0.2, 0) is 0 Å². The second-order valence-electron chi connectivity index (χ2n) is 5.64. The molecule has 0 unspecified atom stereocenters. The van der Waals surface area contributed by atoms with Gasteiger partial charge in [-0.15, -0.1) is 0 Å². The third-order valence-corrected chi connectivity index (χ3v) is 3.50. The predicted octanol–water partition coefficient (Wildman–Crippen LogP) is 4.17. The fourth-order valence-corrected chi connectivity index (χ4v) is 2.50. The minimum Gasteiger partial charge on any atom is -0.298 e. The van der Waals surface area contributed by atoms with Gasteiger partial charge in [-0.05, 0) is 23.0 Å². The normalized spacial score (nSPS) is 11.9. The molecule has 1 aromatic heterocycles. The van der Waals surface area contributed by atoms with Crippen molar-refractivity contribution in [1.29, 1.82) is 0 Å². The molecule has 3 nitrogen and oxygen atoms in total. The highest BCUT2D eigenvalue weighted by atomic mass is 15.1. The zero-order valence-corrected chi connectivity index (χ0v) is 13.0. The van der Waals surface area contributed by atoms with Crippen molar-refractivity contribution in [3.05, 3.63) is 47.5 Å². The van der Waals surface area contributed by atoms with E-state index in [0.29, 0.717) is 11.8 Å². The summed E-state index contributed by atoms with van der Waals surface area (Å²) in [5.41, 5.74) is 3.95. The average Bonchev–Trinajstić information content (AvgIpc) is 2.86. The Morgan fingerprint density at radius 3 is 2.20 bits per heavy atom. The highest BCUT2D eigenvalue weighted by Gasteiger charge is 2.16. The van der Waals surface area contributed by atoms with Gasteiger partial charge in [0.05, 0.1) is 11.9 Å². The lowest BCUT2D eigenvalue weighted by atomic mass is 9.92. The van der Waals surface area contributed by atoms with E-state index in [4.69, 9.17) is 0 Å². The maximum absolute atomic E-state index is 4.40. The van der Waals surface area contributed by atoms with E-state index in [1.165, 1.54) is 16.8 Å². The van der Waals surface area contributed by atoms with Crippen molar-refractivity contribution in [1.82, 2.24) is 9.55 Å². The van der Waals surface area contributed by atoms with Gasteiger partial charge in [-0.1, -0.05) is 45.9 Å². The van der Waals surface area contributed by atoms with Crippen LogP contribution in [0, 0.1) is 0 Å². The predicted molar refractivity (Wildman–Crippen MR) is 85.3 cm³/mol. The number of aliphatic imine (C=N–C) groups is 1. The Morgan fingerprint density at radius 1 is 1.10 bits per heavy atom. The molecule has 0 amide bonds. The molecule has 0 atom stereocenters. The molecule has 0 aliphatic rings. The Bertz CT molecular complexity index is 580. The molecule has 0 radical (unpaired) electrons. The highest BCUT2D eigenvalue weighted by molar-refractivity contribution is 5.76. The number of rotatable bonds is 4. The standard InChI is InChI=1S/C17H23N3/c1-12(2)14-7-6-8-15(13(3)4)17(14)20-10-9-19-16(20)11-18-5/h6-13H,1-5H3. The molecule has 0 bridgehead atoms. The van der Waals surface area contributed by atoms with E-state index in [-0.39, 0.29) is 0 Å². The van der Waals surface area contributed by atoms with Crippen molar-refractivity contribution in [3.63, 3.8) is 0 Å². The second-order valence-corrected chi connectivity index (χ2v) is 5.64. The van der Waals surface area contributed by atoms with Crippen LogP contribution in [-0.4, -0.2) is 22.8 Å². The Morgan fingerprint density at radius 2 is 1.70 bits per heavy atom. The van der Waals surface area contributed by atoms with Crippen molar-refractivity contribution in [3.8, 4) is 5.69 Å². The Balaban J connectivity index is 2.73. The molecule has 2 rings (SSSR count). The number of para-hydroxylation sites is 1. The first-order chi connectivity index (χ1) is 9.56. The van der Waals surface area contributed by atoms with Crippen LogP contribution in [0.5, 0.6) is 0 Å². The van der Waals surface area contributed by atoms with Gasteiger partial charge < -0.3 is 0 Å². The van der Waals surface area contributed by atoms with Crippen molar-refractivity contribution in [2.24, 2.45) is 4.99 Å². The van der Waals surface area contributed by atoms with Crippen LogP contribution in [0.2, 0.25) is 0 Å². The average molecular weight is 269 g/mol. The monoisotopic (exact) mass is 269 g/mol. The van der Waals surface area contributed by atoms with E-state index >= 15 is 0 Å². The topological polar surface area (TPSA) is 30.2 Å².